The van der Waals surface area contributed by atoms with Gasteiger partial charge in [-0.1, -0.05) is 12.1 Å². The highest BCUT2D eigenvalue weighted by atomic mass is 32.2. The Kier molecular flexibility index (Phi) is 9.28. The molecular weight excluding hydrogens is 442 g/mol. The molecule has 9 heteroatoms. The summed E-state index contributed by atoms with van der Waals surface area (Å²) in [6.07, 6.45) is 2.66. The van der Waals surface area contributed by atoms with Gasteiger partial charge in [0.05, 0.1) is 18.0 Å². The number of nitrogens with one attached hydrogen (secondary N) is 1. The molecule has 0 bridgehead atoms. The Morgan fingerprint density at radius 3 is 2.12 bits per heavy atom. The fourth-order valence-electron chi connectivity index (χ4n) is 3.14. The van der Waals surface area contributed by atoms with Gasteiger partial charge in [-0.2, -0.15) is 0 Å². The normalized spacial score (nSPS) is 11.2. The van der Waals surface area contributed by atoms with Gasteiger partial charge in [0.1, 0.15) is 12.3 Å². The summed E-state index contributed by atoms with van der Waals surface area (Å²) in [5.41, 5.74) is 1.89. The Hall–Kier alpha value is -3.07. The number of benzene rings is 2. The fraction of sp³-hybridized carbons (Fsp3) is 0.417. The molecule has 2 aromatic rings. The van der Waals surface area contributed by atoms with Crippen molar-refractivity contribution in [3.63, 3.8) is 0 Å². The lowest BCUT2D eigenvalue weighted by molar-refractivity contribution is -0.119. The number of ether oxygens (including phenoxy) is 1. The van der Waals surface area contributed by atoms with Crippen molar-refractivity contribution >= 4 is 27.5 Å². The number of rotatable bonds is 11. The van der Waals surface area contributed by atoms with Crippen LogP contribution in [0.1, 0.15) is 36.2 Å². The van der Waals surface area contributed by atoms with Gasteiger partial charge in [-0.15, -0.1) is 0 Å². The molecule has 33 heavy (non-hydrogen) atoms. The van der Waals surface area contributed by atoms with Crippen LogP contribution in [-0.4, -0.2) is 64.7 Å². The molecule has 0 atom stereocenters. The first-order valence-electron chi connectivity index (χ1n) is 10.8. The zero-order valence-corrected chi connectivity index (χ0v) is 20.7. The molecule has 0 aliphatic heterocycles. The van der Waals surface area contributed by atoms with E-state index in [1.54, 1.807) is 26.2 Å². The van der Waals surface area contributed by atoms with Gasteiger partial charge in [0, 0.05) is 26.2 Å². The monoisotopic (exact) mass is 475 g/mol. The van der Waals surface area contributed by atoms with E-state index in [0.717, 1.165) is 34.7 Å². The first-order valence-corrected chi connectivity index (χ1v) is 12.6. The Bertz CT molecular complexity index is 1030. The minimum atomic E-state index is -3.68. The van der Waals surface area contributed by atoms with Crippen LogP contribution < -0.4 is 14.4 Å². The Morgan fingerprint density at radius 1 is 1.00 bits per heavy atom. The van der Waals surface area contributed by atoms with Gasteiger partial charge in [-0.25, -0.2) is 8.42 Å². The minimum absolute atomic E-state index is 0.121. The number of carbonyl (C=O) groups is 2. The van der Waals surface area contributed by atoms with Crippen molar-refractivity contribution in [1.82, 2.24) is 10.2 Å². The number of hydrogen-bond acceptors (Lipinski definition) is 5. The highest BCUT2D eigenvalue weighted by Crippen LogP contribution is 2.19. The van der Waals surface area contributed by atoms with E-state index in [9.17, 15) is 18.0 Å². The van der Waals surface area contributed by atoms with Crippen molar-refractivity contribution in [2.75, 3.05) is 37.7 Å². The smallest absolute Gasteiger partial charge is 0.253 e. The fourth-order valence-corrected chi connectivity index (χ4v) is 4.00. The van der Waals surface area contributed by atoms with Crippen molar-refractivity contribution in [3.05, 3.63) is 59.7 Å². The Morgan fingerprint density at radius 2 is 1.61 bits per heavy atom. The van der Waals surface area contributed by atoms with Crippen molar-refractivity contribution in [3.8, 4) is 5.75 Å². The number of hydrogen-bond donors (Lipinski definition) is 1. The van der Waals surface area contributed by atoms with Crippen LogP contribution in [-0.2, 0) is 21.2 Å². The largest absolute Gasteiger partial charge is 0.491 e. The lowest BCUT2D eigenvalue weighted by Gasteiger charge is -2.22. The SMILES string of the molecule is CC(C)Oc1ccc(CCCNC(=O)CN(c2ccc(C(=O)N(C)C)cc2)S(C)(=O)=O)cc1. The molecule has 2 rings (SSSR count). The summed E-state index contributed by atoms with van der Waals surface area (Å²) >= 11 is 0. The Balaban J connectivity index is 1.89. The van der Waals surface area contributed by atoms with Gasteiger partial charge < -0.3 is 15.0 Å². The maximum absolute atomic E-state index is 12.4. The predicted octanol–water partition coefficient (Wildman–Crippen LogP) is 2.69. The second kappa shape index (κ2) is 11.7. The zero-order valence-electron chi connectivity index (χ0n) is 19.9. The van der Waals surface area contributed by atoms with Gasteiger partial charge in [0.15, 0.2) is 0 Å². The maximum Gasteiger partial charge on any atom is 0.253 e. The molecule has 8 nitrogen and oxygen atoms in total. The molecule has 180 valence electrons. The first kappa shape index (κ1) is 26.2. The summed E-state index contributed by atoms with van der Waals surface area (Å²) in [6.45, 7) is 4.04. The molecule has 1 N–H and O–H groups in total. The van der Waals surface area contributed by atoms with Crippen LogP contribution in [0.15, 0.2) is 48.5 Å². The quantitative estimate of drug-likeness (QED) is 0.504. The van der Waals surface area contributed by atoms with Crippen molar-refractivity contribution < 1.29 is 22.7 Å². The number of sulfonamides is 1. The van der Waals surface area contributed by atoms with E-state index < -0.39 is 15.9 Å². The van der Waals surface area contributed by atoms with Gasteiger partial charge in [0.2, 0.25) is 15.9 Å². The molecule has 0 heterocycles. The van der Waals surface area contributed by atoms with Crippen molar-refractivity contribution in [2.45, 2.75) is 32.8 Å². The molecular formula is C24H33N3O5S. The average molecular weight is 476 g/mol. The van der Waals surface area contributed by atoms with Gasteiger partial charge in [-0.3, -0.25) is 13.9 Å². The summed E-state index contributed by atoms with van der Waals surface area (Å²) in [7, 11) is -0.406. The molecule has 0 saturated carbocycles. The zero-order chi connectivity index (χ0) is 24.6. The van der Waals surface area contributed by atoms with E-state index in [1.165, 1.54) is 17.0 Å². The van der Waals surface area contributed by atoms with E-state index >= 15 is 0 Å². The highest BCUT2D eigenvalue weighted by molar-refractivity contribution is 7.92. The molecule has 0 radical (unpaired) electrons. The van der Waals surface area contributed by atoms with Crippen LogP contribution in [0.2, 0.25) is 0 Å². The third-order valence-electron chi connectivity index (χ3n) is 4.76. The highest BCUT2D eigenvalue weighted by Gasteiger charge is 2.21. The lowest BCUT2D eigenvalue weighted by Crippen LogP contribution is -2.40. The molecule has 0 aromatic heterocycles. The molecule has 0 saturated heterocycles. The summed E-state index contributed by atoms with van der Waals surface area (Å²) in [5.74, 6) is 0.240. The topological polar surface area (TPSA) is 96.0 Å². The van der Waals surface area contributed by atoms with E-state index in [4.69, 9.17) is 4.74 Å². The van der Waals surface area contributed by atoms with Crippen LogP contribution >= 0.6 is 0 Å². The average Bonchev–Trinajstić information content (AvgIpc) is 2.74. The maximum atomic E-state index is 12.4. The first-order chi connectivity index (χ1) is 15.5. The summed E-state index contributed by atoms with van der Waals surface area (Å²) in [5, 5.41) is 2.78. The van der Waals surface area contributed by atoms with Gasteiger partial charge >= 0.3 is 0 Å². The van der Waals surface area contributed by atoms with Crippen LogP contribution in [0, 0.1) is 0 Å². The molecule has 2 aromatic carbocycles. The van der Waals surface area contributed by atoms with Gasteiger partial charge in [0.25, 0.3) is 5.91 Å². The number of nitrogens with zero attached hydrogens (tertiary/aromatic N) is 2. The van der Waals surface area contributed by atoms with E-state index in [2.05, 4.69) is 5.32 Å². The number of aryl methyl sites for hydroxylation is 1. The predicted molar refractivity (Wildman–Crippen MR) is 130 cm³/mol. The van der Waals surface area contributed by atoms with E-state index in [0.29, 0.717) is 17.8 Å². The summed E-state index contributed by atoms with van der Waals surface area (Å²) < 4.78 is 31.2. The van der Waals surface area contributed by atoms with Crippen LogP contribution in [0.5, 0.6) is 5.75 Å². The third-order valence-corrected chi connectivity index (χ3v) is 5.90. The van der Waals surface area contributed by atoms with Crippen LogP contribution in [0.3, 0.4) is 0 Å². The molecule has 2 amide bonds. The van der Waals surface area contributed by atoms with Gasteiger partial charge in [-0.05, 0) is 68.7 Å². The number of carbonyl (C=O) groups excluding carboxylic acids is 2. The molecule has 0 fully saturated rings. The van der Waals surface area contributed by atoms with Crippen LogP contribution in [0.25, 0.3) is 0 Å². The lowest BCUT2D eigenvalue weighted by atomic mass is 10.1. The second-order valence-electron chi connectivity index (χ2n) is 8.28. The summed E-state index contributed by atoms with van der Waals surface area (Å²) in [6, 6.07) is 14.0. The third kappa shape index (κ3) is 8.42. The van der Waals surface area contributed by atoms with Crippen LogP contribution in [0.4, 0.5) is 5.69 Å². The summed E-state index contributed by atoms with van der Waals surface area (Å²) in [4.78, 5) is 25.9. The van der Waals surface area contributed by atoms with Crippen molar-refractivity contribution in [1.29, 1.82) is 0 Å². The van der Waals surface area contributed by atoms with Crippen molar-refractivity contribution in [2.24, 2.45) is 0 Å². The number of anilines is 1. The van der Waals surface area contributed by atoms with E-state index in [-0.39, 0.29) is 18.6 Å². The second-order valence-corrected chi connectivity index (χ2v) is 10.2. The van der Waals surface area contributed by atoms with E-state index in [1.807, 2.05) is 38.1 Å². The molecule has 0 unspecified atom stereocenters. The minimum Gasteiger partial charge on any atom is -0.491 e. The Labute approximate surface area is 196 Å². The number of amides is 2. The molecule has 0 spiro atoms. The molecule has 0 aliphatic rings. The molecule has 0 aliphatic carbocycles. The standard InChI is InChI=1S/C24H33N3O5S/c1-18(2)32-22-14-8-19(9-15-22)7-6-16-25-23(28)17-27(33(5,30)31)21-12-10-20(11-13-21)24(29)26(3)4/h8-15,18H,6-7,16-17H2,1-5H3,(H,25,28).